The van der Waals surface area contributed by atoms with E-state index in [1.165, 1.54) is 49.4 Å². The maximum atomic E-state index is 5.31. The van der Waals surface area contributed by atoms with Crippen LogP contribution in [0.1, 0.15) is 0 Å². The zero-order chi connectivity index (χ0) is 34.9. The molecule has 0 saturated heterocycles. The van der Waals surface area contributed by atoms with Gasteiger partial charge < -0.3 is 4.57 Å². The van der Waals surface area contributed by atoms with Gasteiger partial charge >= 0.3 is 0 Å². The predicted octanol–water partition coefficient (Wildman–Crippen LogP) is 12.4. The van der Waals surface area contributed by atoms with Crippen LogP contribution < -0.4 is 0 Å². The molecule has 0 radical (unpaired) electrons. The molecule has 3 aromatic heterocycles. The van der Waals surface area contributed by atoms with Crippen molar-refractivity contribution < 1.29 is 0 Å². The third-order valence-corrected chi connectivity index (χ3v) is 10.7. The molecule has 1 aliphatic carbocycles. The molecule has 10 aromatic rings. The molecule has 0 N–H and O–H groups in total. The minimum absolute atomic E-state index is 0.710. The molecule has 7 aromatic carbocycles. The zero-order valence-electron chi connectivity index (χ0n) is 28.6. The van der Waals surface area contributed by atoms with Crippen LogP contribution in [0.5, 0.6) is 0 Å². The van der Waals surface area contributed by atoms with Crippen LogP contribution in [0.25, 0.3) is 106 Å². The Kier molecular flexibility index (Phi) is 6.52. The van der Waals surface area contributed by atoms with Gasteiger partial charge in [0.25, 0.3) is 0 Å². The summed E-state index contributed by atoms with van der Waals surface area (Å²) in [6.45, 7) is 0. The van der Waals surface area contributed by atoms with Crippen LogP contribution in [0.2, 0.25) is 0 Å². The molecule has 1 aliphatic rings. The minimum Gasteiger partial charge on any atom is -0.309 e. The second-order valence-electron chi connectivity index (χ2n) is 13.6. The van der Waals surface area contributed by atoms with Gasteiger partial charge in [-0.15, -0.1) is 0 Å². The maximum Gasteiger partial charge on any atom is 0.161 e. The summed E-state index contributed by atoms with van der Waals surface area (Å²) in [4.78, 5) is 14.8. The maximum absolute atomic E-state index is 5.31. The number of pyridine rings is 1. The lowest BCUT2D eigenvalue weighted by Crippen LogP contribution is -1.98. The van der Waals surface area contributed by atoms with Gasteiger partial charge in [-0.3, -0.25) is 4.98 Å². The number of hydrogen-bond acceptors (Lipinski definition) is 3. The van der Waals surface area contributed by atoms with Crippen LogP contribution in [-0.2, 0) is 0 Å². The van der Waals surface area contributed by atoms with Crippen LogP contribution in [-0.4, -0.2) is 19.5 Å². The Morgan fingerprint density at radius 2 is 0.849 bits per heavy atom. The van der Waals surface area contributed by atoms with Crippen molar-refractivity contribution in [1.29, 1.82) is 0 Å². The lowest BCUT2D eigenvalue weighted by atomic mass is 9.97. The van der Waals surface area contributed by atoms with E-state index < -0.39 is 0 Å². The molecule has 4 heteroatoms. The molecule has 0 fully saturated rings. The Morgan fingerprint density at radius 3 is 1.51 bits per heavy atom. The SMILES string of the molecule is c1ccc2c(c1)-c1cccc3c(-c4nc(-c5ccc(-c6ccncc6)cc5)cc(-c5ccc(-n6c7ccccc7c7ccccc76)cc5)n4)ccc-2c13. The molecule has 246 valence electrons. The average molecular weight is 675 g/mol. The van der Waals surface area contributed by atoms with Crippen LogP contribution >= 0.6 is 0 Å². The number of para-hydroxylation sites is 2. The van der Waals surface area contributed by atoms with E-state index in [1.54, 1.807) is 0 Å². The highest BCUT2D eigenvalue weighted by atomic mass is 15.0. The van der Waals surface area contributed by atoms with Crippen molar-refractivity contribution >= 4 is 32.6 Å². The van der Waals surface area contributed by atoms with E-state index in [-0.39, 0.29) is 0 Å². The van der Waals surface area contributed by atoms with E-state index in [1.807, 2.05) is 24.5 Å². The first-order valence-electron chi connectivity index (χ1n) is 17.9. The first kappa shape index (κ1) is 29.5. The first-order chi connectivity index (χ1) is 26.3. The number of benzene rings is 7. The number of aromatic nitrogens is 4. The largest absolute Gasteiger partial charge is 0.309 e. The van der Waals surface area contributed by atoms with Gasteiger partial charge in [0.05, 0.1) is 22.4 Å². The molecule has 4 nitrogen and oxygen atoms in total. The normalized spacial score (nSPS) is 11.8. The fraction of sp³-hybridized carbons (Fsp3) is 0. The third-order valence-electron chi connectivity index (χ3n) is 10.7. The zero-order valence-corrected chi connectivity index (χ0v) is 28.6. The Balaban J connectivity index is 1.07. The van der Waals surface area contributed by atoms with Crippen molar-refractivity contribution in [3.05, 3.63) is 182 Å². The third kappa shape index (κ3) is 4.66. The Bertz CT molecular complexity index is 2950. The highest BCUT2D eigenvalue weighted by molar-refractivity contribution is 6.18. The number of nitrogens with zero attached hydrogens (tertiary/aromatic N) is 4. The molecular formula is C49H30N4. The van der Waals surface area contributed by atoms with Crippen LogP contribution in [0, 0.1) is 0 Å². The first-order valence-corrected chi connectivity index (χ1v) is 17.9. The van der Waals surface area contributed by atoms with Gasteiger partial charge in [0.15, 0.2) is 5.82 Å². The van der Waals surface area contributed by atoms with Crippen LogP contribution in [0.3, 0.4) is 0 Å². The summed E-state index contributed by atoms with van der Waals surface area (Å²) in [5, 5.41) is 4.93. The molecule has 0 bridgehead atoms. The van der Waals surface area contributed by atoms with Crippen LogP contribution in [0.15, 0.2) is 182 Å². The summed E-state index contributed by atoms with van der Waals surface area (Å²) in [6, 6.07) is 60.6. The summed E-state index contributed by atoms with van der Waals surface area (Å²) in [7, 11) is 0. The van der Waals surface area contributed by atoms with Gasteiger partial charge in [0, 0.05) is 45.5 Å². The van der Waals surface area contributed by atoms with Gasteiger partial charge in [-0.05, 0) is 92.7 Å². The molecule has 3 heterocycles. The highest BCUT2D eigenvalue weighted by Gasteiger charge is 2.23. The number of fused-ring (bicyclic) bond motifs is 6. The van der Waals surface area contributed by atoms with E-state index >= 15 is 0 Å². The van der Waals surface area contributed by atoms with E-state index in [9.17, 15) is 0 Å². The van der Waals surface area contributed by atoms with E-state index in [4.69, 9.17) is 9.97 Å². The lowest BCUT2D eigenvalue weighted by Gasteiger charge is -2.13. The lowest BCUT2D eigenvalue weighted by molar-refractivity contribution is 1.17. The smallest absolute Gasteiger partial charge is 0.161 e. The summed E-state index contributed by atoms with van der Waals surface area (Å²) in [5.74, 6) is 0.710. The quantitative estimate of drug-likeness (QED) is 0.182. The van der Waals surface area contributed by atoms with E-state index in [0.29, 0.717) is 5.82 Å². The number of hydrogen-bond donors (Lipinski definition) is 0. The van der Waals surface area contributed by atoms with Gasteiger partial charge in [-0.25, -0.2) is 9.97 Å². The van der Waals surface area contributed by atoms with Crippen molar-refractivity contribution in [2.75, 3.05) is 0 Å². The van der Waals surface area contributed by atoms with E-state index in [2.05, 4.69) is 167 Å². The van der Waals surface area contributed by atoms with Gasteiger partial charge in [0.2, 0.25) is 0 Å². The molecular weight excluding hydrogens is 645 g/mol. The Morgan fingerprint density at radius 1 is 0.358 bits per heavy atom. The van der Waals surface area contributed by atoms with Crippen molar-refractivity contribution in [3.8, 4) is 73.0 Å². The minimum atomic E-state index is 0.710. The summed E-state index contributed by atoms with van der Waals surface area (Å²) in [6.07, 6.45) is 3.66. The van der Waals surface area contributed by atoms with Crippen molar-refractivity contribution in [3.63, 3.8) is 0 Å². The molecule has 0 amide bonds. The summed E-state index contributed by atoms with van der Waals surface area (Å²) in [5.41, 5.74) is 15.7. The second-order valence-corrected chi connectivity index (χ2v) is 13.6. The van der Waals surface area contributed by atoms with Crippen LogP contribution in [0.4, 0.5) is 0 Å². The Labute approximate surface area is 306 Å². The molecule has 0 spiro atoms. The molecule has 0 atom stereocenters. The van der Waals surface area contributed by atoms with Crippen molar-refractivity contribution in [2.45, 2.75) is 0 Å². The Hall–Kier alpha value is -7.17. The topological polar surface area (TPSA) is 43.6 Å². The van der Waals surface area contributed by atoms with E-state index in [0.717, 1.165) is 50.3 Å². The fourth-order valence-corrected chi connectivity index (χ4v) is 8.23. The summed E-state index contributed by atoms with van der Waals surface area (Å²) < 4.78 is 2.35. The molecule has 0 saturated carbocycles. The predicted molar refractivity (Wildman–Crippen MR) is 218 cm³/mol. The van der Waals surface area contributed by atoms with Crippen molar-refractivity contribution in [1.82, 2.24) is 19.5 Å². The van der Waals surface area contributed by atoms with Gasteiger partial charge in [-0.2, -0.15) is 0 Å². The molecule has 53 heavy (non-hydrogen) atoms. The fourth-order valence-electron chi connectivity index (χ4n) is 8.23. The molecule has 11 rings (SSSR count). The number of rotatable bonds is 5. The molecule has 0 unspecified atom stereocenters. The average Bonchev–Trinajstić information content (AvgIpc) is 3.75. The highest BCUT2D eigenvalue weighted by Crippen LogP contribution is 2.49. The second kappa shape index (κ2) is 11.7. The molecule has 0 aliphatic heterocycles. The standard InChI is InChI=1S/C49H30N4/c1-2-9-37-36(8-1)40-12-7-13-41-43(25-24-42(37)48(40)41)49-51-44(33-18-16-31(17-19-33)32-26-28-50-29-27-32)30-45(52-49)34-20-22-35(23-21-34)53-46-14-5-3-10-38(46)39-11-4-6-15-47(39)53/h1-30H. The van der Waals surface area contributed by atoms with Gasteiger partial charge in [0.1, 0.15) is 0 Å². The van der Waals surface area contributed by atoms with Crippen molar-refractivity contribution in [2.24, 2.45) is 0 Å². The monoisotopic (exact) mass is 674 g/mol. The van der Waals surface area contributed by atoms with Gasteiger partial charge in [-0.1, -0.05) is 121 Å². The summed E-state index contributed by atoms with van der Waals surface area (Å²) >= 11 is 0.